The molecule has 1 heterocycles. The summed E-state index contributed by atoms with van der Waals surface area (Å²) >= 11 is 3.39. The Morgan fingerprint density at radius 3 is 2.89 bits per heavy atom. The van der Waals surface area contributed by atoms with Gasteiger partial charge in [-0.2, -0.15) is 0 Å². The molecule has 0 aliphatic heterocycles. The summed E-state index contributed by atoms with van der Waals surface area (Å²) in [5.74, 6) is 1.43. The van der Waals surface area contributed by atoms with Crippen LogP contribution in [-0.4, -0.2) is 16.6 Å². The number of aliphatic hydroxyl groups is 1. The van der Waals surface area contributed by atoms with Gasteiger partial charge in [0.2, 0.25) is 5.89 Å². The summed E-state index contributed by atoms with van der Waals surface area (Å²) in [6, 6.07) is 7.62. The van der Waals surface area contributed by atoms with Crippen molar-refractivity contribution in [3.63, 3.8) is 0 Å². The Morgan fingerprint density at radius 2 is 2.26 bits per heavy atom. The van der Waals surface area contributed by atoms with Gasteiger partial charge in [-0.25, -0.2) is 4.98 Å². The molecular formula is C14H17BrN2O2. The number of aromatic nitrogens is 1. The van der Waals surface area contributed by atoms with Gasteiger partial charge in [0.05, 0.1) is 18.3 Å². The van der Waals surface area contributed by atoms with E-state index in [1.165, 1.54) is 0 Å². The molecule has 2 rings (SSSR count). The number of rotatable bonds is 5. The summed E-state index contributed by atoms with van der Waals surface area (Å²) in [5, 5.41) is 13.3. The van der Waals surface area contributed by atoms with Gasteiger partial charge in [-0.15, -0.1) is 0 Å². The molecule has 0 saturated heterocycles. The number of benzene rings is 1. The van der Waals surface area contributed by atoms with Gasteiger partial charge >= 0.3 is 0 Å². The van der Waals surface area contributed by atoms with Gasteiger partial charge in [0.15, 0.2) is 0 Å². The first-order chi connectivity index (χ1) is 9.06. The molecule has 2 aromatic rings. The van der Waals surface area contributed by atoms with Crippen LogP contribution in [0.1, 0.15) is 36.3 Å². The van der Waals surface area contributed by atoms with Gasteiger partial charge in [0.1, 0.15) is 5.76 Å². The van der Waals surface area contributed by atoms with Crippen molar-refractivity contribution in [3.05, 3.63) is 52.1 Å². The first-order valence-corrected chi connectivity index (χ1v) is 6.95. The molecule has 4 nitrogen and oxygen atoms in total. The third-order valence-electron chi connectivity index (χ3n) is 2.86. The second kappa shape index (κ2) is 6.32. The Kier molecular flexibility index (Phi) is 4.74. The molecule has 0 amide bonds. The van der Waals surface area contributed by atoms with Crippen LogP contribution in [0.4, 0.5) is 0 Å². The van der Waals surface area contributed by atoms with Crippen molar-refractivity contribution in [2.24, 2.45) is 0 Å². The van der Waals surface area contributed by atoms with E-state index in [1.54, 1.807) is 6.20 Å². The van der Waals surface area contributed by atoms with Crippen LogP contribution in [0.25, 0.3) is 0 Å². The molecule has 0 fully saturated rings. The maximum atomic E-state index is 10.1. The number of nitrogens with zero attached hydrogens (tertiary/aromatic N) is 1. The van der Waals surface area contributed by atoms with Gasteiger partial charge < -0.3 is 14.8 Å². The number of aryl methyl sites for hydroxylation is 1. The van der Waals surface area contributed by atoms with Crippen LogP contribution in [-0.2, 0) is 0 Å². The fraction of sp³-hybridized carbons (Fsp3) is 0.357. The number of oxazole rings is 1. The highest BCUT2D eigenvalue weighted by atomic mass is 79.9. The maximum absolute atomic E-state index is 10.1. The zero-order valence-corrected chi connectivity index (χ0v) is 12.5. The van der Waals surface area contributed by atoms with E-state index < -0.39 is 6.10 Å². The zero-order valence-electron chi connectivity index (χ0n) is 10.9. The SMILES string of the molecule is Cc1cnc(C(C)NCC(O)c2cccc(Br)c2)o1. The van der Waals surface area contributed by atoms with Crippen LogP contribution in [0.15, 0.2) is 39.4 Å². The van der Waals surface area contributed by atoms with Crippen molar-refractivity contribution < 1.29 is 9.52 Å². The fourth-order valence-electron chi connectivity index (χ4n) is 1.78. The van der Waals surface area contributed by atoms with Crippen molar-refractivity contribution in [3.8, 4) is 0 Å². The molecule has 0 aliphatic rings. The minimum atomic E-state index is -0.559. The maximum Gasteiger partial charge on any atom is 0.211 e. The standard InChI is InChI=1S/C14H17BrN2O2/c1-9-7-17-14(19-9)10(2)16-8-13(18)11-4-3-5-12(15)6-11/h3-7,10,13,16,18H,8H2,1-2H3. The average Bonchev–Trinajstić information content (AvgIpc) is 2.82. The molecule has 0 aliphatic carbocycles. The molecule has 102 valence electrons. The predicted molar refractivity (Wildman–Crippen MR) is 76.8 cm³/mol. The highest BCUT2D eigenvalue weighted by molar-refractivity contribution is 9.10. The van der Waals surface area contributed by atoms with Gasteiger partial charge in [-0.3, -0.25) is 0 Å². The van der Waals surface area contributed by atoms with Gasteiger partial charge in [0, 0.05) is 11.0 Å². The Morgan fingerprint density at radius 1 is 1.47 bits per heavy atom. The Bertz CT molecular complexity index is 542. The van der Waals surface area contributed by atoms with E-state index in [-0.39, 0.29) is 6.04 Å². The Hall–Kier alpha value is -1.17. The van der Waals surface area contributed by atoms with E-state index in [2.05, 4.69) is 26.2 Å². The summed E-state index contributed by atoms with van der Waals surface area (Å²) in [4.78, 5) is 4.16. The molecule has 19 heavy (non-hydrogen) atoms. The highest BCUT2D eigenvalue weighted by Gasteiger charge is 2.14. The van der Waals surface area contributed by atoms with Crippen molar-refractivity contribution in [2.45, 2.75) is 26.0 Å². The molecule has 0 radical (unpaired) electrons. The molecule has 5 heteroatoms. The second-order valence-corrected chi connectivity index (χ2v) is 5.43. The molecular weight excluding hydrogens is 308 g/mol. The van der Waals surface area contributed by atoms with Crippen molar-refractivity contribution >= 4 is 15.9 Å². The number of nitrogens with one attached hydrogen (secondary N) is 1. The minimum Gasteiger partial charge on any atom is -0.444 e. The molecule has 2 unspecified atom stereocenters. The Labute approximate surface area is 121 Å². The Balaban J connectivity index is 1.91. The van der Waals surface area contributed by atoms with Crippen molar-refractivity contribution in [1.82, 2.24) is 10.3 Å². The second-order valence-electron chi connectivity index (χ2n) is 4.51. The summed E-state index contributed by atoms with van der Waals surface area (Å²) in [5.41, 5.74) is 0.873. The summed E-state index contributed by atoms with van der Waals surface area (Å²) < 4.78 is 6.40. The molecule has 1 aromatic carbocycles. The predicted octanol–water partition coefficient (Wildman–Crippen LogP) is 3.13. The number of halogens is 1. The minimum absolute atomic E-state index is 0.0319. The summed E-state index contributed by atoms with van der Waals surface area (Å²) in [6.45, 7) is 4.26. The molecule has 0 bridgehead atoms. The van der Waals surface area contributed by atoms with E-state index >= 15 is 0 Å². The van der Waals surface area contributed by atoms with Crippen LogP contribution in [0.5, 0.6) is 0 Å². The number of aliphatic hydroxyl groups excluding tert-OH is 1. The van der Waals surface area contributed by atoms with Crippen LogP contribution in [0, 0.1) is 6.92 Å². The van der Waals surface area contributed by atoms with E-state index in [0.717, 1.165) is 15.8 Å². The van der Waals surface area contributed by atoms with Crippen LogP contribution in [0.2, 0.25) is 0 Å². The molecule has 0 spiro atoms. The monoisotopic (exact) mass is 324 g/mol. The molecule has 2 N–H and O–H groups in total. The van der Waals surface area contributed by atoms with Gasteiger partial charge in [-0.05, 0) is 31.5 Å². The highest BCUT2D eigenvalue weighted by Crippen LogP contribution is 2.19. The smallest absolute Gasteiger partial charge is 0.211 e. The third-order valence-corrected chi connectivity index (χ3v) is 3.35. The van der Waals surface area contributed by atoms with Gasteiger partial charge in [0.25, 0.3) is 0 Å². The third kappa shape index (κ3) is 3.89. The number of hydrogen-bond acceptors (Lipinski definition) is 4. The van der Waals surface area contributed by atoms with Gasteiger partial charge in [-0.1, -0.05) is 28.1 Å². The number of hydrogen-bond donors (Lipinski definition) is 2. The normalized spacial score (nSPS) is 14.3. The zero-order chi connectivity index (χ0) is 13.8. The lowest BCUT2D eigenvalue weighted by molar-refractivity contribution is 0.168. The lowest BCUT2D eigenvalue weighted by Crippen LogP contribution is -2.24. The fourth-order valence-corrected chi connectivity index (χ4v) is 2.20. The first-order valence-electron chi connectivity index (χ1n) is 6.15. The molecule has 1 aromatic heterocycles. The van der Waals surface area contributed by atoms with Crippen molar-refractivity contribution in [2.75, 3.05) is 6.54 Å². The van der Waals surface area contributed by atoms with E-state index in [1.807, 2.05) is 38.1 Å². The summed E-state index contributed by atoms with van der Waals surface area (Å²) in [6.07, 6.45) is 1.13. The van der Waals surface area contributed by atoms with E-state index in [4.69, 9.17) is 4.42 Å². The lowest BCUT2D eigenvalue weighted by Gasteiger charge is -2.15. The largest absolute Gasteiger partial charge is 0.444 e. The van der Waals surface area contributed by atoms with Crippen LogP contribution >= 0.6 is 15.9 Å². The topological polar surface area (TPSA) is 58.3 Å². The van der Waals surface area contributed by atoms with Crippen molar-refractivity contribution in [1.29, 1.82) is 0 Å². The lowest BCUT2D eigenvalue weighted by atomic mass is 10.1. The average molecular weight is 325 g/mol. The van der Waals surface area contributed by atoms with E-state index in [0.29, 0.717) is 12.4 Å². The van der Waals surface area contributed by atoms with Crippen LogP contribution in [0.3, 0.4) is 0 Å². The summed E-state index contributed by atoms with van der Waals surface area (Å²) in [7, 11) is 0. The van der Waals surface area contributed by atoms with E-state index in [9.17, 15) is 5.11 Å². The quantitative estimate of drug-likeness (QED) is 0.887. The van der Waals surface area contributed by atoms with Crippen LogP contribution < -0.4 is 5.32 Å². The molecule has 2 atom stereocenters. The molecule has 0 saturated carbocycles. The first kappa shape index (κ1) is 14.2.